The Kier molecular flexibility index (Phi) is 2.82. The summed E-state index contributed by atoms with van der Waals surface area (Å²) in [6.45, 7) is 3.18. The monoisotopic (exact) mass is 226 g/mol. The smallest absolute Gasteiger partial charge is 0.220 e. The topological polar surface area (TPSA) is 59.6 Å². The van der Waals surface area contributed by atoms with E-state index in [-0.39, 0.29) is 0 Å². The van der Waals surface area contributed by atoms with E-state index in [4.69, 9.17) is 18.0 Å². The highest BCUT2D eigenvalue weighted by Crippen LogP contribution is 2.42. The molecule has 0 aliphatic heterocycles. The Morgan fingerprint density at radius 1 is 1.53 bits per heavy atom. The minimum atomic E-state index is 0.399. The largest absolute Gasteiger partial charge is 0.368 e. The number of nitrogens with one attached hydrogen (secondary N) is 1. The lowest BCUT2D eigenvalue weighted by Gasteiger charge is -2.27. The molecule has 0 aromatic carbocycles. The van der Waals surface area contributed by atoms with Crippen molar-refractivity contribution >= 4 is 18.2 Å². The zero-order valence-electron chi connectivity index (χ0n) is 9.12. The van der Waals surface area contributed by atoms with Crippen LogP contribution in [0, 0.1) is 10.2 Å². The molecule has 0 amide bonds. The summed E-state index contributed by atoms with van der Waals surface area (Å²) in [7, 11) is 0. The van der Waals surface area contributed by atoms with Crippen molar-refractivity contribution in [1.82, 2.24) is 14.8 Å². The molecule has 15 heavy (non-hydrogen) atoms. The molecule has 0 unspecified atom stereocenters. The van der Waals surface area contributed by atoms with E-state index in [9.17, 15) is 0 Å². The van der Waals surface area contributed by atoms with E-state index in [1.165, 1.54) is 32.1 Å². The Balaban J connectivity index is 2.23. The average Bonchev–Trinajstić information content (AvgIpc) is 2.81. The van der Waals surface area contributed by atoms with E-state index in [1.807, 2.05) is 4.57 Å². The van der Waals surface area contributed by atoms with Gasteiger partial charge in [0.1, 0.15) is 0 Å². The summed E-state index contributed by atoms with van der Waals surface area (Å²) in [5.74, 6) is 0.514. The van der Waals surface area contributed by atoms with Crippen LogP contribution in [0.2, 0.25) is 0 Å². The van der Waals surface area contributed by atoms with Gasteiger partial charge in [-0.15, -0.1) is 5.10 Å². The van der Waals surface area contributed by atoms with Gasteiger partial charge in [-0.2, -0.15) is 0 Å². The highest BCUT2D eigenvalue weighted by atomic mass is 32.1. The number of hydrogen-bond acceptors (Lipinski definition) is 3. The van der Waals surface area contributed by atoms with Crippen LogP contribution in [-0.2, 0) is 6.54 Å². The molecule has 2 rings (SSSR count). The third kappa shape index (κ3) is 1.93. The molecule has 0 atom stereocenters. The number of hydrogen-bond donors (Lipinski definition) is 2. The van der Waals surface area contributed by atoms with Gasteiger partial charge in [-0.3, -0.25) is 4.57 Å². The van der Waals surface area contributed by atoms with Gasteiger partial charge in [0.15, 0.2) is 4.77 Å². The first-order valence-electron chi connectivity index (χ1n) is 5.57. The van der Waals surface area contributed by atoms with E-state index in [0.29, 0.717) is 16.1 Å². The second-order valence-electron chi connectivity index (χ2n) is 4.53. The third-order valence-corrected chi connectivity index (χ3v) is 4.01. The molecular formula is C10H18N4S. The summed E-state index contributed by atoms with van der Waals surface area (Å²) >= 11 is 5.17. The summed E-state index contributed by atoms with van der Waals surface area (Å²) in [4.78, 5) is 0. The number of anilines is 1. The molecule has 1 aromatic heterocycles. The first kappa shape index (κ1) is 10.7. The SMILES string of the molecule is CCC1(Cn2c(N)n[nH]c2=S)CCCC1. The second kappa shape index (κ2) is 3.96. The predicted octanol–water partition coefficient (Wildman–Crippen LogP) is 2.49. The maximum atomic E-state index is 5.79. The van der Waals surface area contributed by atoms with Crippen LogP contribution in [0.5, 0.6) is 0 Å². The van der Waals surface area contributed by atoms with Crippen molar-refractivity contribution in [1.29, 1.82) is 0 Å². The standard InChI is InChI=1S/C10H18N4S/c1-2-10(5-3-4-6-10)7-14-8(11)12-13-9(14)15/h2-7H2,1H3,(H2,11,12)(H,13,15). The van der Waals surface area contributed by atoms with Crippen molar-refractivity contribution in [3.8, 4) is 0 Å². The fraction of sp³-hybridized carbons (Fsp3) is 0.800. The lowest BCUT2D eigenvalue weighted by atomic mass is 9.83. The molecule has 1 saturated carbocycles. The zero-order chi connectivity index (χ0) is 10.9. The highest BCUT2D eigenvalue weighted by molar-refractivity contribution is 7.71. The summed E-state index contributed by atoms with van der Waals surface area (Å²) in [5.41, 5.74) is 6.19. The number of H-pyrrole nitrogens is 1. The molecule has 0 saturated heterocycles. The van der Waals surface area contributed by atoms with Gasteiger partial charge in [0.2, 0.25) is 5.95 Å². The number of nitrogen functional groups attached to an aromatic ring is 1. The zero-order valence-corrected chi connectivity index (χ0v) is 9.94. The van der Waals surface area contributed by atoms with Crippen molar-refractivity contribution in [2.75, 3.05) is 5.73 Å². The molecule has 1 fully saturated rings. The second-order valence-corrected chi connectivity index (χ2v) is 4.92. The summed E-state index contributed by atoms with van der Waals surface area (Å²) in [6, 6.07) is 0. The quantitative estimate of drug-likeness (QED) is 0.778. The average molecular weight is 226 g/mol. The fourth-order valence-corrected chi connectivity index (χ4v) is 2.77. The van der Waals surface area contributed by atoms with Gasteiger partial charge in [-0.05, 0) is 36.9 Å². The molecule has 1 aromatic rings. The highest BCUT2D eigenvalue weighted by Gasteiger charge is 2.33. The molecule has 5 heteroatoms. The summed E-state index contributed by atoms with van der Waals surface area (Å²) in [6.07, 6.45) is 6.43. The molecular weight excluding hydrogens is 208 g/mol. The van der Waals surface area contributed by atoms with Crippen LogP contribution in [0.15, 0.2) is 0 Å². The van der Waals surface area contributed by atoms with Crippen LogP contribution in [0.1, 0.15) is 39.0 Å². The minimum Gasteiger partial charge on any atom is -0.368 e. The maximum Gasteiger partial charge on any atom is 0.220 e. The van der Waals surface area contributed by atoms with Gasteiger partial charge in [0.25, 0.3) is 0 Å². The van der Waals surface area contributed by atoms with E-state index in [2.05, 4.69) is 17.1 Å². The fourth-order valence-electron chi connectivity index (χ4n) is 2.57. The van der Waals surface area contributed by atoms with Crippen molar-refractivity contribution in [2.45, 2.75) is 45.6 Å². The van der Waals surface area contributed by atoms with Gasteiger partial charge in [-0.1, -0.05) is 19.8 Å². The summed E-state index contributed by atoms with van der Waals surface area (Å²) < 4.78 is 2.58. The van der Waals surface area contributed by atoms with Crippen LogP contribution in [0.25, 0.3) is 0 Å². The number of rotatable bonds is 3. The molecule has 0 spiro atoms. The number of nitrogens with zero attached hydrogens (tertiary/aromatic N) is 2. The molecule has 0 radical (unpaired) electrons. The lowest BCUT2D eigenvalue weighted by Crippen LogP contribution is -2.23. The van der Waals surface area contributed by atoms with Crippen LogP contribution in [0.4, 0.5) is 5.95 Å². The van der Waals surface area contributed by atoms with Gasteiger partial charge < -0.3 is 5.73 Å². The normalized spacial score (nSPS) is 19.5. The summed E-state index contributed by atoms with van der Waals surface area (Å²) in [5, 5.41) is 6.69. The van der Waals surface area contributed by atoms with Crippen molar-refractivity contribution in [2.24, 2.45) is 5.41 Å². The first-order valence-corrected chi connectivity index (χ1v) is 5.98. The molecule has 0 bridgehead atoms. The van der Waals surface area contributed by atoms with Crippen LogP contribution in [0.3, 0.4) is 0 Å². The van der Waals surface area contributed by atoms with Gasteiger partial charge >= 0.3 is 0 Å². The number of aromatic nitrogens is 3. The Bertz CT molecular complexity index is 386. The molecule has 4 nitrogen and oxygen atoms in total. The molecule has 84 valence electrons. The van der Waals surface area contributed by atoms with Gasteiger partial charge in [-0.25, -0.2) is 5.10 Å². The predicted molar refractivity (Wildman–Crippen MR) is 63.0 cm³/mol. The minimum absolute atomic E-state index is 0.399. The maximum absolute atomic E-state index is 5.79. The van der Waals surface area contributed by atoms with E-state index >= 15 is 0 Å². The Labute approximate surface area is 94.9 Å². The van der Waals surface area contributed by atoms with Crippen LogP contribution < -0.4 is 5.73 Å². The number of nitrogens with two attached hydrogens (primary N) is 1. The van der Waals surface area contributed by atoms with E-state index in [0.717, 1.165) is 6.54 Å². The lowest BCUT2D eigenvalue weighted by molar-refractivity contribution is 0.237. The molecule has 3 N–H and O–H groups in total. The van der Waals surface area contributed by atoms with Crippen molar-refractivity contribution in [3.05, 3.63) is 4.77 Å². The van der Waals surface area contributed by atoms with E-state index < -0.39 is 0 Å². The molecule has 1 aliphatic rings. The van der Waals surface area contributed by atoms with Gasteiger partial charge in [0.05, 0.1) is 0 Å². The third-order valence-electron chi connectivity index (χ3n) is 3.70. The van der Waals surface area contributed by atoms with Crippen molar-refractivity contribution < 1.29 is 0 Å². The van der Waals surface area contributed by atoms with Crippen LogP contribution in [-0.4, -0.2) is 14.8 Å². The molecule has 1 heterocycles. The Morgan fingerprint density at radius 3 is 2.67 bits per heavy atom. The molecule has 1 aliphatic carbocycles. The van der Waals surface area contributed by atoms with Crippen molar-refractivity contribution in [3.63, 3.8) is 0 Å². The van der Waals surface area contributed by atoms with Crippen LogP contribution >= 0.6 is 12.2 Å². The number of aromatic amines is 1. The Hall–Kier alpha value is -0.840. The Morgan fingerprint density at radius 2 is 2.20 bits per heavy atom. The van der Waals surface area contributed by atoms with E-state index in [1.54, 1.807) is 0 Å². The van der Waals surface area contributed by atoms with Gasteiger partial charge in [0, 0.05) is 6.54 Å². The first-order chi connectivity index (χ1) is 7.17.